The molecular weight excluding hydrogens is 287 g/mol. The lowest BCUT2D eigenvalue weighted by Crippen LogP contribution is -2.26. The van der Waals surface area contributed by atoms with Gasteiger partial charge in [0.2, 0.25) is 0 Å². The van der Waals surface area contributed by atoms with Gasteiger partial charge in [0.05, 0.1) is 13.2 Å². The summed E-state index contributed by atoms with van der Waals surface area (Å²) >= 11 is 0. The summed E-state index contributed by atoms with van der Waals surface area (Å²) in [6.07, 6.45) is 0. The topological polar surface area (TPSA) is 146 Å². The largest absolute Gasteiger partial charge is 0.493 e. The number of methoxy groups -OCH3 is 1. The Morgan fingerprint density at radius 2 is 2.10 bits per heavy atom. The second kappa shape index (κ2) is 9.18. The van der Waals surface area contributed by atoms with Crippen LogP contribution in [0.5, 0.6) is 11.5 Å². The molecule has 0 saturated carbocycles. The molecule has 0 bridgehead atoms. The van der Waals surface area contributed by atoms with E-state index in [1.165, 1.54) is 25.3 Å². The van der Waals surface area contributed by atoms with Gasteiger partial charge in [-0.05, 0) is 19.1 Å². The number of aliphatic imine (C=N–C) groups is 1. The van der Waals surface area contributed by atoms with Gasteiger partial charge in [-0.1, -0.05) is 0 Å². The van der Waals surface area contributed by atoms with Gasteiger partial charge in [-0.15, -0.1) is 10.1 Å². The van der Waals surface area contributed by atoms with Crippen molar-refractivity contribution in [3.63, 3.8) is 0 Å². The average molecular weight is 304 g/mol. The summed E-state index contributed by atoms with van der Waals surface area (Å²) in [5, 5.41) is 13.6. The lowest BCUT2D eigenvalue weighted by molar-refractivity contribution is -0.742. The summed E-state index contributed by atoms with van der Waals surface area (Å²) in [6, 6.07) is 3.83. The summed E-state index contributed by atoms with van der Waals surface area (Å²) < 4.78 is 23.4. The van der Waals surface area contributed by atoms with Crippen molar-refractivity contribution in [2.24, 2.45) is 16.5 Å². The Hall–Kier alpha value is -2.78. The molecule has 1 atom stereocenters. The fraction of sp³-hybridized carbons (Fsp3) is 0.364. The van der Waals surface area contributed by atoms with E-state index in [0.717, 1.165) is 0 Å². The van der Waals surface area contributed by atoms with E-state index < -0.39 is 10.9 Å². The first kappa shape index (κ1) is 18.2. The van der Waals surface area contributed by atoms with E-state index in [9.17, 15) is 4.39 Å². The zero-order valence-electron chi connectivity index (χ0n) is 11.5. The van der Waals surface area contributed by atoms with Gasteiger partial charge in [0, 0.05) is 6.07 Å². The third kappa shape index (κ3) is 8.86. The van der Waals surface area contributed by atoms with E-state index in [-0.39, 0.29) is 18.6 Å². The number of hydrogen-bond acceptors (Lipinski definition) is 5. The van der Waals surface area contributed by atoms with Crippen LogP contribution >= 0.6 is 0 Å². The van der Waals surface area contributed by atoms with Gasteiger partial charge < -0.3 is 26.1 Å². The fourth-order valence-corrected chi connectivity index (χ4v) is 1.27. The third-order valence-corrected chi connectivity index (χ3v) is 1.98. The maximum atomic E-state index is 13.0. The fourth-order valence-electron chi connectivity index (χ4n) is 1.27. The highest BCUT2D eigenvalue weighted by Crippen LogP contribution is 2.27. The standard InChI is InChI=1S/C11H16FN3O2.HNO3/c1-7(15-11(13)14)6-17-10-5-8(12)3-4-9(10)16-2;2-1(3)4/h3-5,7H,6H2,1-2H3,(H4,13,14,15);(H,2,3,4). The van der Waals surface area contributed by atoms with Crippen molar-refractivity contribution in [1.82, 2.24) is 0 Å². The van der Waals surface area contributed by atoms with Crippen LogP contribution in [0.2, 0.25) is 0 Å². The van der Waals surface area contributed by atoms with Crippen LogP contribution in [-0.2, 0) is 0 Å². The molecule has 0 aliphatic heterocycles. The molecule has 0 spiro atoms. The van der Waals surface area contributed by atoms with Gasteiger partial charge >= 0.3 is 0 Å². The van der Waals surface area contributed by atoms with E-state index in [2.05, 4.69) is 4.99 Å². The molecule has 9 nitrogen and oxygen atoms in total. The minimum atomic E-state index is -1.50. The molecule has 0 heterocycles. The molecule has 1 aromatic carbocycles. The number of ether oxygens (including phenoxy) is 2. The Kier molecular flexibility index (Phi) is 7.96. The lowest BCUT2D eigenvalue weighted by Gasteiger charge is -2.12. The smallest absolute Gasteiger partial charge is 0.291 e. The first-order valence-electron chi connectivity index (χ1n) is 5.64. The number of halogens is 1. The summed E-state index contributed by atoms with van der Waals surface area (Å²) in [7, 11) is 1.49. The lowest BCUT2D eigenvalue weighted by atomic mass is 10.3. The molecule has 21 heavy (non-hydrogen) atoms. The van der Waals surface area contributed by atoms with Crippen LogP contribution in [0.15, 0.2) is 23.2 Å². The molecule has 0 saturated heterocycles. The number of rotatable bonds is 5. The van der Waals surface area contributed by atoms with Crippen LogP contribution in [0.3, 0.4) is 0 Å². The maximum absolute atomic E-state index is 13.0. The second-order valence-corrected chi connectivity index (χ2v) is 3.75. The van der Waals surface area contributed by atoms with E-state index >= 15 is 0 Å². The van der Waals surface area contributed by atoms with Crippen LogP contribution in [-0.4, -0.2) is 36.0 Å². The zero-order valence-corrected chi connectivity index (χ0v) is 11.5. The van der Waals surface area contributed by atoms with Crippen molar-refractivity contribution in [2.75, 3.05) is 13.7 Å². The Labute approximate surface area is 120 Å². The molecular formula is C11H17FN4O5. The van der Waals surface area contributed by atoms with Crippen LogP contribution in [0.25, 0.3) is 0 Å². The van der Waals surface area contributed by atoms with E-state index in [1.807, 2.05) is 0 Å². The second-order valence-electron chi connectivity index (χ2n) is 3.75. The van der Waals surface area contributed by atoms with E-state index in [1.54, 1.807) is 6.92 Å². The predicted molar refractivity (Wildman–Crippen MR) is 72.5 cm³/mol. The molecule has 0 aliphatic carbocycles. The Bertz CT molecular complexity index is 490. The molecule has 1 unspecified atom stereocenters. The van der Waals surface area contributed by atoms with E-state index in [0.29, 0.717) is 11.5 Å². The van der Waals surface area contributed by atoms with Crippen LogP contribution in [0, 0.1) is 15.9 Å². The van der Waals surface area contributed by atoms with E-state index in [4.69, 9.17) is 36.3 Å². The minimum Gasteiger partial charge on any atom is -0.493 e. The molecule has 118 valence electrons. The molecule has 0 aromatic heterocycles. The highest BCUT2D eigenvalue weighted by Gasteiger charge is 2.08. The van der Waals surface area contributed by atoms with Crippen molar-refractivity contribution in [3.05, 3.63) is 34.1 Å². The van der Waals surface area contributed by atoms with Crippen LogP contribution in [0.1, 0.15) is 6.92 Å². The highest BCUT2D eigenvalue weighted by molar-refractivity contribution is 5.75. The molecule has 1 aromatic rings. The molecule has 0 amide bonds. The highest BCUT2D eigenvalue weighted by atomic mass is 19.1. The molecule has 0 aliphatic rings. The van der Waals surface area contributed by atoms with Crippen molar-refractivity contribution < 1.29 is 24.2 Å². The number of benzene rings is 1. The van der Waals surface area contributed by atoms with Gasteiger partial charge in [0.25, 0.3) is 5.09 Å². The van der Waals surface area contributed by atoms with Gasteiger partial charge in [0.1, 0.15) is 12.4 Å². The minimum absolute atomic E-state index is 0.00712. The summed E-state index contributed by atoms with van der Waals surface area (Å²) in [5.74, 6) is 0.385. The van der Waals surface area contributed by atoms with Gasteiger partial charge in [-0.2, -0.15) is 0 Å². The quantitative estimate of drug-likeness (QED) is 0.311. The molecule has 1 rings (SSSR count). The average Bonchev–Trinajstić information content (AvgIpc) is 2.35. The summed E-state index contributed by atoms with van der Waals surface area (Å²) in [4.78, 5) is 12.2. The zero-order chi connectivity index (χ0) is 16.4. The first-order valence-corrected chi connectivity index (χ1v) is 5.64. The molecule has 0 fully saturated rings. The van der Waals surface area contributed by atoms with Gasteiger partial charge in [0.15, 0.2) is 17.5 Å². The normalized spacial score (nSPS) is 10.6. The SMILES string of the molecule is COc1ccc(F)cc1OCC(C)N=C(N)N.O=[N+]([O-])O. The molecule has 0 radical (unpaired) electrons. The van der Waals surface area contributed by atoms with Gasteiger partial charge in [-0.3, -0.25) is 0 Å². The van der Waals surface area contributed by atoms with Crippen LogP contribution in [0.4, 0.5) is 4.39 Å². The van der Waals surface area contributed by atoms with Crippen molar-refractivity contribution in [1.29, 1.82) is 0 Å². The Morgan fingerprint density at radius 1 is 1.52 bits per heavy atom. The number of nitrogens with zero attached hydrogens (tertiary/aromatic N) is 2. The molecule has 10 heteroatoms. The number of hydrogen-bond donors (Lipinski definition) is 3. The third-order valence-electron chi connectivity index (χ3n) is 1.98. The predicted octanol–water partition coefficient (Wildman–Crippen LogP) is 0.527. The molecule has 5 N–H and O–H groups in total. The van der Waals surface area contributed by atoms with Crippen LogP contribution < -0.4 is 20.9 Å². The van der Waals surface area contributed by atoms with Crippen molar-refractivity contribution >= 4 is 5.96 Å². The monoisotopic (exact) mass is 304 g/mol. The van der Waals surface area contributed by atoms with Crippen molar-refractivity contribution in [3.8, 4) is 11.5 Å². The number of nitrogens with two attached hydrogens (primary N) is 2. The Morgan fingerprint density at radius 3 is 2.57 bits per heavy atom. The summed E-state index contributed by atoms with van der Waals surface area (Å²) in [6.45, 7) is 2.02. The maximum Gasteiger partial charge on any atom is 0.291 e. The van der Waals surface area contributed by atoms with Gasteiger partial charge in [-0.25, -0.2) is 9.38 Å². The Balaban J connectivity index is 0.000000885. The summed E-state index contributed by atoms with van der Waals surface area (Å²) in [5.41, 5.74) is 10.5. The first-order chi connectivity index (χ1) is 9.76. The van der Waals surface area contributed by atoms with Crippen molar-refractivity contribution in [2.45, 2.75) is 13.0 Å². The number of guanidine groups is 1.